The van der Waals surface area contributed by atoms with Crippen LogP contribution in [0.25, 0.3) is 6.08 Å². The lowest BCUT2D eigenvalue weighted by Crippen LogP contribution is -1.93. The molecule has 0 fully saturated rings. The maximum absolute atomic E-state index is 10.3. The second kappa shape index (κ2) is 3.92. The van der Waals surface area contributed by atoms with E-state index < -0.39 is 5.97 Å². The van der Waals surface area contributed by atoms with Crippen LogP contribution >= 0.6 is 12.6 Å². The minimum Gasteiger partial charge on any atom is -0.477 e. The number of aliphatic carboxylic acids is 1. The zero-order chi connectivity index (χ0) is 8.97. The van der Waals surface area contributed by atoms with E-state index in [1.165, 1.54) is 6.08 Å². The minimum absolute atomic E-state index is 0.00278. The van der Waals surface area contributed by atoms with Crippen molar-refractivity contribution in [3.63, 3.8) is 0 Å². The van der Waals surface area contributed by atoms with Gasteiger partial charge in [0.25, 0.3) is 0 Å². The smallest absolute Gasteiger partial charge is 0.341 e. The van der Waals surface area contributed by atoms with E-state index in [1.807, 2.05) is 0 Å². The highest BCUT2D eigenvalue weighted by Gasteiger charge is 1.99. The highest BCUT2D eigenvalue weighted by atomic mass is 32.1. The predicted octanol–water partition coefficient (Wildman–Crippen LogP) is 1.44. The molecule has 1 rings (SSSR count). The summed E-state index contributed by atoms with van der Waals surface area (Å²) >= 11 is 3.77. The number of rotatable bonds is 2. The molecule has 1 N–H and O–H groups in total. The molecule has 0 saturated heterocycles. The molecule has 0 aliphatic rings. The Kier molecular flexibility index (Phi) is 2.88. The Morgan fingerprint density at radius 1 is 1.67 bits per heavy atom. The van der Waals surface area contributed by atoms with Crippen LogP contribution in [0.1, 0.15) is 5.56 Å². The summed E-state index contributed by atoms with van der Waals surface area (Å²) in [5.41, 5.74) is 0.727. The first-order chi connectivity index (χ1) is 5.70. The molecule has 0 radical (unpaired) electrons. The fraction of sp³-hybridized carbons (Fsp3) is 0. The van der Waals surface area contributed by atoms with Crippen molar-refractivity contribution < 1.29 is 9.90 Å². The molecule has 1 aromatic rings. The Bertz CT molecular complexity index is 308. The fourth-order valence-corrected chi connectivity index (χ4v) is 0.830. The quantitative estimate of drug-likeness (QED) is 0.536. The number of hydrogen-bond donors (Lipinski definition) is 2. The third-order valence-electron chi connectivity index (χ3n) is 1.21. The molecule has 0 bridgehead atoms. The van der Waals surface area contributed by atoms with Gasteiger partial charge in [0.2, 0.25) is 0 Å². The van der Waals surface area contributed by atoms with Crippen molar-refractivity contribution in [2.45, 2.75) is 0 Å². The maximum atomic E-state index is 10.3. The summed E-state index contributed by atoms with van der Waals surface area (Å²) in [6, 6.07) is 3.49. The average molecular weight is 181 g/mol. The zero-order valence-electron chi connectivity index (χ0n) is 6.14. The van der Waals surface area contributed by atoms with Crippen LogP contribution in [0.15, 0.2) is 29.4 Å². The molecule has 1 heterocycles. The summed E-state index contributed by atoms with van der Waals surface area (Å²) in [5, 5.41) is 8.48. The maximum Gasteiger partial charge on any atom is 0.341 e. The van der Waals surface area contributed by atoms with Crippen molar-refractivity contribution in [1.29, 1.82) is 0 Å². The number of pyridine rings is 1. The lowest BCUT2D eigenvalue weighted by atomic mass is 10.2. The Hall–Kier alpha value is -1.29. The Balaban J connectivity index is 2.89. The zero-order valence-corrected chi connectivity index (χ0v) is 7.03. The van der Waals surface area contributed by atoms with Crippen LogP contribution < -0.4 is 0 Å². The van der Waals surface area contributed by atoms with E-state index in [4.69, 9.17) is 5.11 Å². The summed E-state index contributed by atoms with van der Waals surface area (Å²) < 4.78 is 0. The van der Waals surface area contributed by atoms with Gasteiger partial charge in [0.05, 0.1) is 4.91 Å². The number of nitrogens with zero attached hydrogens (tertiary/aromatic N) is 1. The number of carboxylic acids is 1. The van der Waals surface area contributed by atoms with Gasteiger partial charge >= 0.3 is 5.97 Å². The first-order valence-electron chi connectivity index (χ1n) is 3.24. The molecule has 1 aromatic heterocycles. The third kappa shape index (κ3) is 2.39. The summed E-state index contributed by atoms with van der Waals surface area (Å²) in [7, 11) is 0. The van der Waals surface area contributed by atoms with Crippen molar-refractivity contribution in [2.24, 2.45) is 0 Å². The van der Waals surface area contributed by atoms with Crippen molar-refractivity contribution >= 4 is 24.7 Å². The molecule has 0 saturated carbocycles. The molecule has 4 heteroatoms. The van der Waals surface area contributed by atoms with Gasteiger partial charge in [-0.25, -0.2) is 4.79 Å². The van der Waals surface area contributed by atoms with Gasteiger partial charge in [-0.3, -0.25) is 4.98 Å². The summed E-state index contributed by atoms with van der Waals surface area (Å²) in [6.07, 6.45) is 4.63. The highest BCUT2D eigenvalue weighted by Crippen LogP contribution is 2.07. The monoisotopic (exact) mass is 181 g/mol. The Morgan fingerprint density at radius 2 is 2.42 bits per heavy atom. The molecule has 0 aromatic carbocycles. The molecule has 0 aliphatic carbocycles. The van der Waals surface area contributed by atoms with E-state index in [-0.39, 0.29) is 4.91 Å². The van der Waals surface area contributed by atoms with Crippen LogP contribution in [0.5, 0.6) is 0 Å². The van der Waals surface area contributed by atoms with Crippen LogP contribution in [0, 0.1) is 0 Å². The predicted molar refractivity (Wildman–Crippen MR) is 48.8 cm³/mol. The first kappa shape index (κ1) is 8.80. The number of hydrogen-bond acceptors (Lipinski definition) is 3. The minimum atomic E-state index is -1.04. The third-order valence-corrected chi connectivity index (χ3v) is 1.53. The summed E-state index contributed by atoms with van der Waals surface area (Å²) in [6.45, 7) is 0. The number of carboxylic acid groups (broad SMARTS) is 1. The summed E-state index contributed by atoms with van der Waals surface area (Å²) in [4.78, 5) is 14.2. The molecule has 0 aliphatic heterocycles. The second-order valence-corrected chi connectivity index (χ2v) is 2.60. The lowest BCUT2D eigenvalue weighted by molar-refractivity contribution is -0.131. The van der Waals surface area contributed by atoms with Crippen LogP contribution in [0.2, 0.25) is 0 Å². The van der Waals surface area contributed by atoms with Gasteiger partial charge in [-0.15, -0.1) is 12.6 Å². The summed E-state index contributed by atoms with van der Waals surface area (Å²) in [5.74, 6) is -1.04. The average Bonchev–Trinajstić information content (AvgIpc) is 2.06. The molecule has 0 unspecified atom stereocenters. The van der Waals surface area contributed by atoms with Crippen molar-refractivity contribution in [3.05, 3.63) is 35.0 Å². The largest absolute Gasteiger partial charge is 0.477 e. The van der Waals surface area contributed by atoms with E-state index in [0.717, 1.165) is 5.56 Å². The fourth-order valence-electron chi connectivity index (χ4n) is 0.681. The number of aromatic nitrogens is 1. The number of thiol groups is 1. The molecule has 0 atom stereocenters. The van der Waals surface area contributed by atoms with E-state index >= 15 is 0 Å². The number of carbonyl (C=O) groups is 1. The van der Waals surface area contributed by atoms with Crippen molar-refractivity contribution in [2.75, 3.05) is 0 Å². The van der Waals surface area contributed by atoms with Crippen LogP contribution in [-0.4, -0.2) is 16.1 Å². The van der Waals surface area contributed by atoms with E-state index in [9.17, 15) is 4.79 Å². The van der Waals surface area contributed by atoms with Gasteiger partial charge < -0.3 is 5.11 Å². The second-order valence-electron chi connectivity index (χ2n) is 2.12. The van der Waals surface area contributed by atoms with Gasteiger partial charge in [-0.2, -0.15) is 0 Å². The lowest BCUT2D eigenvalue weighted by Gasteiger charge is -1.92. The Morgan fingerprint density at radius 3 is 2.92 bits per heavy atom. The normalized spacial score (nSPS) is 11.2. The molecule has 12 heavy (non-hydrogen) atoms. The van der Waals surface area contributed by atoms with Crippen LogP contribution in [-0.2, 0) is 4.79 Å². The molecule has 0 amide bonds. The van der Waals surface area contributed by atoms with Gasteiger partial charge in [0.1, 0.15) is 0 Å². The van der Waals surface area contributed by atoms with Crippen molar-refractivity contribution in [1.82, 2.24) is 4.98 Å². The van der Waals surface area contributed by atoms with Gasteiger partial charge in [0.15, 0.2) is 0 Å². The van der Waals surface area contributed by atoms with Crippen LogP contribution in [0.3, 0.4) is 0 Å². The van der Waals surface area contributed by atoms with E-state index in [2.05, 4.69) is 17.6 Å². The Labute approximate surface area is 75.2 Å². The van der Waals surface area contributed by atoms with Crippen molar-refractivity contribution in [3.8, 4) is 0 Å². The standard InChI is InChI=1S/C8H7NO2S/c10-8(11)7(12)4-6-2-1-3-9-5-6/h1-5,12H,(H,10,11)/b7-4-. The first-order valence-corrected chi connectivity index (χ1v) is 3.69. The van der Waals surface area contributed by atoms with Gasteiger partial charge in [0, 0.05) is 12.4 Å². The van der Waals surface area contributed by atoms with Gasteiger partial charge in [-0.05, 0) is 17.7 Å². The molecular formula is C8H7NO2S. The topological polar surface area (TPSA) is 50.2 Å². The molecular weight excluding hydrogens is 174 g/mol. The van der Waals surface area contributed by atoms with Gasteiger partial charge in [-0.1, -0.05) is 6.07 Å². The highest BCUT2D eigenvalue weighted by molar-refractivity contribution is 7.85. The SMILES string of the molecule is O=C(O)/C(S)=C/c1cccnc1. The van der Waals surface area contributed by atoms with Crippen LogP contribution in [0.4, 0.5) is 0 Å². The molecule has 62 valence electrons. The van der Waals surface area contributed by atoms with E-state index in [0.29, 0.717) is 0 Å². The van der Waals surface area contributed by atoms with E-state index in [1.54, 1.807) is 24.5 Å². The molecule has 0 spiro atoms. The molecule has 3 nitrogen and oxygen atoms in total.